The minimum absolute atomic E-state index is 0.119. The van der Waals surface area contributed by atoms with Gasteiger partial charge in [0.05, 0.1) is 64.8 Å². The van der Waals surface area contributed by atoms with E-state index in [-0.39, 0.29) is 51.0 Å². The topological polar surface area (TPSA) is 215 Å². The number of carboxylic acids is 4. The van der Waals surface area contributed by atoms with Gasteiger partial charge in [0.1, 0.15) is 0 Å². The Hall–Kier alpha value is -1.66. The molecule has 200 valence electrons. The molecule has 0 amide bonds. The first-order valence-corrected chi connectivity index (χ1v) is 11.2. The summed E-state index contributed by atoms with van der Waals surface area (Å²) in [5.41, 5.74) is 0. The van der Waals surface area contributed by atoms with Gasteiger partial charge in [0.25, 0.3) is 0 Å². The van der Waals surface area contributed by atoms with Crippen LogP contribution in [0.15, 0.2) is 0 Å². The van der Waals surface area contributed by atoms with Crippen molar-refractivity contribution in [2.45, 2.75) is 12.2 Å². The average Bonchev–Trinajstić information content (AvgIpc) is 2.72. The van der Waals surface area contributed by atoms with Crippen molar-refractivity contribution in [1.82, 2.24) is 9.80 Å². The Labute approximate surface area is 207 Å². The molecule has 16 heteroatoms. The minimum Gasteiger partial charge on any atom is -0.480 e. The molecule has 0 radical (unpaired) electrons. The lowest BCUT2D eigenvalue weighted by atomic mass is 10.3. The molecule has 14 nitrogen and oxygen atoms in total. The zero-order chi connectivity index (χ0) is 26.5. The van der Waals surface area contributed by atoms with Gasteiger partial charge in [-0.1, -0.05) is 0 Å². The van der Waals surface area contributed by atoms with Crippen LogP contribution in [0.3, 0.4) is 0 Å². The van der Waals surface area contributed by atoms with E-state index in [0.717, 1.165) is 0 Å². The van der Waals surface area contributed by atoms with Crippen LogP contribution in [0, 0.1) is 0 Å². The van der Waals surface area contributed by atoms with Crippen LogP contribution in [0.5, 0.6) is 0 Å². The second-order valence-corrected chi connectivity index (χ2v) is 7.45. The van der Waals surface area contributed by atoms with Crippen molar-refractivity contribution < 1.29 is 59.3 Å². The molecule has 0 aromatic rings. The van der Waals surface area contributed by atoms with Gasteiger partial charge in [0.15, 0.2) is 0 Å². The summed E-state index contributed by atoms with van der Waals surface area (Å²) in [7, 11) is 0. The molecule has 0 unspecified atom stereocenters. The molecule has 6 N–H and O–H groups in total. The van der Waals surface area contributed by atoms with Crippen LogP contribution in [-0.2, 0) is 28.7 Å². The summed E-state index contributed by atoms with van der Waals surface area (Å²) in [5, 5.41) is 52.2. The van der Waals surface area contributed by atoms with E-state index in [0.29, 0.717) is 0 Å². The van der Waals surface area contributed by atoms with Crippen molar-refractivity contribution >= 4 is 49.1 Å². The van der Waals surface area contributed by atoms with Crippen molar-refractivity contribution in [3.05, 3.63) is 0 Å². The molecule has 0 saturated carbocycles. The van der Waals surface area contributed by atoms with Crippen molar-refractivity contribution in [3.63, 3.8) is 0 Å². The van der Waals surface area contributed by atoms with Gasteiger partial charge in [-0.2, -0.15) is 25.3 Å². The molecule has 0 aromatic heterocycles. The number of aliphatic hydroxyl groups excluding tert-OH is 2. The third-order valence-electron chi connectivity index (χ3n) is 3.73. The summed E-state index contributed by atoms with van der Waals surface area (Å²) in [5.74, 6) is -3.99. The third-order valence-corrected chi connectivity index (χ3v) is 4.48. The summed E-state index contributed by atoms with van der Waals surface area (Å²) in [4.78, 5) is 44.9. The highest BCUT2D eigenvalue weighted by molar-refractivity contribution is 7.80. The SMILES string of the molecule is O=C(O)CN(CCOCCOCCN(CC(=O)O)CC(=O)O)CC(=O)O.O[C@H](CS)[C@@H](O)CS. The number of rotatable bonds is 20. The van der Waals surface area contributed by atoms with Crippen LogP contribution in [0.2, 0.25) is 0 Å². The molecule has 0 saturated heterocycles. The number of ether oxygens (including phenoxy) is 2. The Kier molecular flexibility index (Phi) is 22.2. The molecular weight excluding hydrogens is 500 g/mol. The molecule has 0 spiro atoms. The van der Waals surface area contributed by atoms with E-state index < -0.39 is 62.3 Å². The van der Waals surface area contributed by atoms with E-state index in [2.05, 4.69) is 25.3 Å². The second-order valence-electron chi connectivity index (χ2n) is 6.72. The van der Waals surface area contributed by atoms with Crippen molar-refractivity contribution in [2.24, 2.45) is 0 Å². The standard InChI is InChI=1S/C14H24N2O10.C4H10O2S2/c17-11(18)7-15(8-12(19)20)1-3-25-5-6-26-4-2-16(9-13(21)22)10-14(23)24;5-3(1-7)4(6)2-8/h1-10H2,(H,17,18)(H,19,20)(H,21,22)(H,23,24);3-8H,1-2H2/t;3-,4+. The summed E-state index contributed by atoms with van der Waals surface area (Å²) >= 11 is 7.53. The molecule has 0 aliphatic heterocycles. The Bertz CT molecular complexity index is 517. The average molecular weight is 535 g/mol. The maximum atomic E-state index is 10.6. The summed E-state index contributed by atoms with van der Waals surface area (Å²) in [6.45, 7) is -0.790. The number of hydrogen-bond acceptors (Lipinski definition) is 12. The van der Waals surface area contributed by atoms with E-state index in [1.54, 1.807) is 0 Å². The fourth-order valence-electron chi connectivity index (χ4n) is 2.15. The van der Waals surface area contributed by atoms with Crippen molar-refractivity contribution in [2.75, 3.05) is 77.2 Å². The van der Waals surface area contributed by atoms with E-state index >= 15 is 0 Å². The molecule has 0 fully saturated rings. The number of aliphatic hydroxyl groups is 2. The molecule has 0 bridgehead atoms. The highest BCUT2D eigenvalue weighted by atomic mass is 32.1. The Morgan fingerprint density at radius 2 is 0.853 bits per heavy atom. The lowest BCUT2D eigenvalue weighted by Gasteiger charge is -2.18. The van der Waals surface area contributed by atoms with Crippen LogP contribution >= 0.6 is 25.3 Å². The molecule has 0 aliphatic carbocycles. The van der Waals surface area contributed by atoms with Crippen molar-refractivity contribution in [1.29, 1.82) is 0 Å². The van der Waals surface area contributed by atoms with E-state index in [1.807, 2.05) is 0 Å². The lowest BCUT2D eigenvalue weighted by molar-refractivity contribution is -0.144. The van der Waals surface area contributed by atoms with Crippen LogP contribution < -0.4 is 0 Å². The lowest BCUT2D eigenvalue weighted by Crippen LogP contribution is -2.37. The number of aliphatic carboxylic acids is 4. The zero-order valence-corrected chi connectivity index (χ0v) is 20.4. The first kappa shape index (κ1) is 34.5. The first-order chi connectivity index (χ1) is 15.9. The number of carboxylic acid groups (broad SMARTS) is 4. The number of carbonyl (C=O) groups is 4. The largest absolute Gasteiger partial charge is 0.480 e. The maximum absolute atomic E-state index is 10.6. The Balaban J connectivity index is 0. The number of hydrogen-bond donors (Lipinski definition) is 8. The van der Waals surface area contributed by atoms with Gasteiger partial charge < -0.3 is 40.1 Å². The fraction of sp³-hybridized carbons (Fsp3) is 0.778. The Morgan fingerprint density at radius 1 is 0.588 bits per heavy atom. The van der Waals surface area contributed by atoms with Gasteiger partial charge in [0, 0.05) is 24.6 Å². The quantitative estimate of drug-likeness (QED) is 0.0600. The van der Waals surface area contributed by atoms with Gasteiger partial charge in [-0.25, -0.2) is 0 Å². The minimum atomic E-state index is -1.14. The highest BCUT2D eigenvalue weighted by Crippen LogP contribution is 1.96. The van der Waals surface area contributed by atoms with Crippen LogP contribution in [0.4, 0.5) is 0 Å². The first-order valence-electron chi connectivity index (χ1n) is 9.98. The predicted octanol–water partition coefficient (Wildman–Crippen LogP) is -2.47. The van der Waals surface area contributed by atoms with Gasteiger partial charge in [-0.05, 0) is 0 Å². The van der Waals surface area contributed by atoms with Crippen molar-refractivity contribution in [3.8, 4) is 0 Å². The van der Waals surface area contributed by atoms with Gasteiger partial charge in [-0.15, -0.1) is 0 Å². The normalized spacial score (nSPS) is 12.6. The molecule has 2 atom stereocenters. The molecule has 0 aromatic carbocycles. The van der Waals surface area contributed by atoms with Gasteiger partial charge >= 0.3 is 23.9 Å². The van der Waals surface area contributed by atoms with Gasteiger partial charge in [-0.3, -0.25) is 29.0 Å². The zero-order valence-electron chi connectivity index (χ0n) is 18.6. The predicted molar refractivity (Wildman–Crippen MR) is 125 cm³/mol. The fourth-order valence-corrected chi connectivity index (χ4v) is 2.63. The molecule has 0 aliphatic rings. The van der Waals surface area contributed by atoms with Crippen LogP contribution in [0.1, 0.15) is 0 Å². The summed E-state index contributed by atoms with van der Waals surface area (Å²) in [6.07, 6.45) is -1.48. The summed E-state index contributed by atoms with van der Waals surface area (Å²) in [6, 6.07) is 0. The van der Waals surface area contributed by atoms with Crippen LogP contribution in [0.25, 0.3) is 0 Å². The summed E-state index contributed by atoms with van der Waals surface area (Å²) < 4.78 is 10.4. The van der Waals surface area contributed by atoms with E-state index in [9.17, 15) is 19.2 Å². The monoisotopic (exact) mass is 534 g/mol. The van der Waals surface area contributed by atoms with E-state index in [4.69, 9.17) is 40.1 Å². The van der Waals surface area contributed by atoms with E-state index in [1.165, 1.54) is 9.80 Å². The third kappa shape index (κ3) is 23.5. The molecule has 0 rings (SSSR count). The van der Waals surface area contributed by atoms with Gasteiger partial charge in [0.2, 0.25) is 0 Å². The number of nitrogens with zero attached hydrogens (tertiary/aromatic N) is 2. The number of thiol groups is 2. The molecular formula is C18H34N2O12S2. The molecule has 34 heavy (non-hydrogen) atoms. The maximum Gasteiger partial charge on any atom is 0.317 e. The highest BCUT2D eigenvalue weighted by Gasteiger charge is 2.14. The van der Waals surface area contributed by atoms with Crippen LogP contribution in [-0.4, -0.2) is 154 Å². The molecule has 0 heterocycles. The second kappa shape index (κ2) is 21.8. The smallest absolute Gasteiger partial charge is 0.317 e. The Morgan fingerprint density at radius 3 is 1.06 bits per heavy atom.